The second-order valence-electron chi connectivity index (χ2n) is 10.3. The molecule has 0 radical (unpaired) electrons. The molecule has 0 aromatic heterocycles. The number of carbonyl (C=O) groups excluding carboxylic acids is 1. The van der Waals surface area contributed by atoms with Crippen LogP contribution in [0.3, 0.4) is 0 Å². The van der Waals surface area contributed by atoms with Gasteiger partial charge in [0.05, 0.1) is 35.1 Å². The number of carbonyl (C=O) groups is 1. The van der Waals surface area contributed by atoms with Crippen LogP contribution in [-0.2, 0) is 0 Å². The number of piperidine rings is 1. The molecule has 4 atom stereocenters. The summed E-state index contributed by atoms with van der Waals surface area (Å²) in [5.41, 5.74) is 2.44. The molecule has 0 saturated carbocycles. The third-order valence-corrected chi connectivity index (χ3v) is 8.20. The van der Waals surface area contributed by atoms with E-state index in [-0.39, 0.29) is 48.1 Å². The van der Waals surface area contributed by atoms with Crippen molar-refractivity contribution < 1.29 is 19.0 Å². The quantitative estimate of drug-likeness (QED) is 0.490. The zero-order valence-electron chi connectivity index (χ0n) is 22.6. The van der Waals surface area contributed by atoms with Gasteiger partial charge < -0.3 is 25.5 Å². The van der Waals surface area contributed by atoms with Crippen molar-refractivity contribution in [2.24, 2.45) is 4.99 Å². The highest BCUT2D eigenvalue weighted by atomic mass is 35.5. The van der Waals surface area contributed by atoms with Gasteiger partial charge in [-0.05, 0) is 52.3 Å². The summed E-state index contributed by atoms with van der Waals surface area (Å²) in [7, 11) is 0. The van der Waals surface area contributed by atoms with Crippen molar-refractivity contribution in [2.75, 3.05) is 19.6 Å². The number of amides is 1. The summed E-state index contributed by atoms with van der Waals surface area (Å²) in [4.78, 5) is 21.9. The van der Waals surface area contributed by atoms with Crippen LogP contribution >= 0.6 is 11.6 Å². The first-order valence-electron chi connectivity index (χ1n) is 13.2. The van der Waals surface area contributed by atoms with Crippen molar-refractivity contribution in [3.63, 3.8) is 0 Å². The van der Waals surface area contributed by atoms with Gasteiger partial charge in [-0.2, -0.15) is 0 Å². The number of likely N-dealkylation sites (tertiary alicyclic amines) is 2. The molecular formula is C28H37ClFN5O3. The summed E-state index contributed by atoms with van der Waals surface area (Å²) in [6, 6.07) is 3.94. The van der Waals surface area contributed by atoms with E-state index in [0.29, 0.717) is 28.6 Å². The monoisotopic (exact) mass is 545 g/mol. The largest absolute Gasteiger partial charge is 0.487 e. The van der Waals surface area contributed by atoms with Gasteiger partial charge in [-0.25, -0.2) is 9.38 Å². The molecule has 206 valence electrons. The summed E-state index contributed by atoms with van der Waals surface area (Å²) < 4.78 is 20.6. The van der Waals surface area contributed by atoms with Gasteiger partial charge in [-0.15, -0.1) is 0 Å². The minimum Gasteiger partial charge on any atom is -0.487 e. The average molecular weight is 546 g/mol. The number of aliphatic hydroxyl groups excluding tert-OH is 1. The number of allylic oxidation sites excluding steroid dienone is 2. The maximum absolute atomic E-state index is 14.3. The SMILES string of the molecule is CCCN1C(CC)CC(Oc2cc(F)ccc2C(=O)N2CC(=N)/C(=C3/N=C(C)C(Cl)=C(C)N3)C2)C(O)C1C. The Hall–Kier alpha value is -2.75. The molecule has 3 aliphatic rings. The second-order valence-corrected chi connectivity index (χ2v) is 10.7. The van der Waals surface area contributed by atoms with Crippen LogP contribution in [-0.4, -0.2) is 76.2 Å². The number of benzene rings is 1. The van der Waals surface area contributed by atoms with Crippen LogP contribution in [0, 0.1) is 11.2 Å². The van der Waals surface area contributed by atoms with Gasteiger partial charge in [0.2, 0.25) is 0 Å². The molecule has 3 aliphatic heterocycles. The van der Waals surface area contributed by atoms with Gasteiger partial charge in [-0.3, -0.25) is 9.69 Å². The van der Waals surface area contributed by atoms with E-state index < -0.39 is 18.0 Å². The number of ether oxygens (including phenoxy) is 1. The normalized spacial score (nSPS) is 28.5. The Balaban J connectivity index is 1.57. The molecule has 4 rings (SSSR count). The van der Waals surface area contributed by atoms with Crippen LogP contribution in [0.4, 0.5) is 4.39 Å². The van der Waals surface area contributed by atoms with Gasteiger partial charge in [0.25, 0.3) is 5.91 Å². The lowest BCUT2D eigenvalue weighted by molar-refractivity contribution is -0.0843. The fraction of sp³-hybridized carbons (Fsp3) is 0.536. The predicted molar refractivity (Wildman–Crippen MR) is 147 cm³/mol. The van der Waals surface area contributed by atoms with E-state index in [1.165, 1.54) is 23.1 Å². The molecule has 8 nitrogen and oxygen atoms in total. The van der Waals surface area contributed by atoms with E-state index >= 15 is 0 Å². The number of aliphatic imine (C=N–C) groups is 1. The molecule has 3 heterocycles. The van der Waals surface area contributed by atoms with E-state index in [2.05, 4.69) is 29.1 Å². The first-order valence-corrected chi connectivity index (χ1v) is 13.6. The highest BCUT2D eigenvalue weighted by Crippen LogP contribution is 2.32. The zero-order valence-corrected chi connectivity index (χ0v) is 23.4. The van der Waals surface area contributed by atoms with Crippen LogP contribution < -0.4 is 10.1 Å². The maximum Gasteiger partial charge on any atom is 0.258 e. The molecule has 10 heteroatoms. The van der Waals surface area contributed by atoms with Crippen molar-refractivity contribution >= 4 is 28.9 Å². The highest BCUT2D eigenvalue weighted by molar-refractivity contribution is 6.43. The smallest absolute Gasteiger partial charge is 0.258 e. The fourth-order valence-corrected chi connectivity index (χ4v) is 5.62. The van der Waals surface area contributed by atoms with Crippen molar-refractivity contribution in [1.82, 2.24) is 15.1 Å². The Morgan fingerprint density at radius 1 is 1.32 bits per heavy atom. The molecule has 38 heavy (non-hydrogen) atoms. The molecule has 0 spiro atoms. The minimum atomic E-state index is -0.784. The lowest BCUT2D eigenvalue weighted by Gasteiger charge is -2.46. The van der Waals surface area contributed by atoms with Gasteiger partial charge in [0.1, 0.15) is 29.6 Å². The van der Waals surface area contributed by atoms with Crippen LogP contribution in [0.5, 0.6) is 5.75 Å². The predicted octanol–water partition coefficient (Wildman–Crippen LogP) is 4.44. The minimum absolute atomic E-state index is 0.0915. The maximum atomic E-state index is 14.3. The van der Waals surface area contributed by atoms with Crippen LogP contribution in [0.25, 0.3) is 0 Å². The zero-order chi connectivity index (χ0) is 27.7. The van der Waals surface area contributed by atoms with E-state index in [1.54, 1.807) is 6.92 Å². The molecule has 3 N–H and O–H groups in total. The average Bonchev–Trinajstić information content (AvgIpc) is 3.28. The number of aliphatic hydroxyl groups is 1. The van der Waals surface area contributed by atoms with Gasteiger partial charge >= 0.3 is 0 Å². The van der Waals surface area contributed by atoms with Crippen LogP contribution in [0.1, 0.15) is 64.2 Å². The Labute approximate surface area is 228 Å². The second kappa shape index (κ2) is 11.6. The molecule has 1 aromatic carbocycles. The molecule has 2 fully saturated rings. The van der Waals surface area contributed by atoms with Crippen LogP contribution in [0.2, 0.25) is 0 Å². The highest BCUT2D eigenvalue weighted by Gasteiger charge is 2.41. The molecule has 1 aromatic rings. The van der Waals surface area contributed by atoms with Gasteiger partial charge in [0, 0.05) is 35.8 Å². The van der Waals surface area contributed by atoms with Crippen molar-refractivity contribution in [1.29, 1.82) is 5.41 Å². The fourth-order valence-electron chi connectivity index (χ4n) is 5.53. The molecule has 0 bridgehead atoms. The van der Waals surface area contributed by atoms with Gasteiger partial charge in [0.15, 0.2) is 0 Å². The van der Waals surface area contributed by atoms with Gasteiger partial charge in [-0.1, -0.05) is 25.4 Å². The Bertz CT molecular complexity index is 1210. The van der Waals surface area contributed by atoms with E-state index in [0.717, 1.165) is 25.1 Å². The molecule has 0 aliphatic carbocycles. The van der Waals surface area contributed by atoms with E-state index in [9.17, 15) is 14.3 Å². The lowest BCUT2D eigenvalue weighted by Crippen LogP contribution is -2.59. The first-order chi connectivity index (χ1) is 18.0. The number of halogens is 2. The molecular weight excluding hydrogens is 509 g/mol. The Kier molecular flexibility index (Phi) is 8.59. The summed E-state index contributed by atoms with van der Waals surface area (Å²) in [5, 5.41) is 23.2. The van der Waals surface area contributed by atoms with E-state index in [1.807, 2.05) is 13.8 Å². The van der Waals surface area contributed by atoms with E-state index in [4.69, 9.17) is 21.7 Å². The first kappa shape index (κ1) is 28.3. The summed E-state index contributed by atoms with van der Waals surface area (Å²) >= 11 is 6.24. The number of hydrogen-bond acceptors (Lipinski definition) is 7. The summed E-state index contributed by atoms with van der Waals surface area (Å²) in [6.07, 6.45) is 1.10. The number of nitrogens with zero attached hydrogens (tertiary/aromatic N) is 3. The third kappa shape index (κ3) is 5.51. The summed E-state index contributed by atoms with van der Waals surface area (Å²) in [6.45, 7) is 11.0. The number of hydrogen-bond donors (Lipinski definition) is 3. The molecule has 2 saturated heterocycles. The topological polar surface area (TPSA) is 101 Å². The Morgan fingerprint density at radius 2 is 2.05 bits per heavy atom. The van der Waals surface area contributed by atoms with Crippen LogP contribution in [0.15, 0.2) is 45.3 Å². The van der Waals surface area contributed by atoms with Crippen molar-refractivity contribution in [2.45, 2.75) is 78.2 Å². The number of nitrogens with one attached hydrogen (secondary N) is 2. The number of rotatable bonds is 6. The van der Waals surface area contributed by atoms with Crippen molar-refractivity contribution in [3.05, 3.63) is 51.7 Å². The molecule has 1 amide bonds. The Morgan fingerprint density at radius 3 is 2.71 bits per heavy atom. The molecule has 4 unspecified atom stereocenters. The lowest BCUT2D eigenvalue weighted by atomic mass is 9.89. The summed E-state index contributed by atoms with van der Waals surface area (Å²) in [5.74, 6) is -0.295. The van der Waals surface area contributed by atoms with Crippen molar-refractivity contribution in [3.8, 4) is 5.75 Å². The standard InChI is InChI=1S/C28H37ClFN5O3/c1-6-10-35-17(5)26(36)24(12-19(35)7-2)38-23-11-18(30)8-9-20(23)28(37)34-13-21(22(31)14-34)27-32-15(3)25(29)16(4)33-27/h8-9,11,17,19,24,26,31-32,36H,6-7,10,12-14H2,1-5H3/b27-21+,31-22?. The third-order valence-electron chi connectivity index (χ3n) is 7.64.